The fraction of sp³-hybridized carbons (Fsp3) is 0.667. The molecule has 1 saturated heterocycles. The van der Waals surface area contributed by atoms with Crippen molar-refractivity contribution < 1.29 is 14.3 Å². The second-order valence-corrected chi connectivity index (χ2v) is 9.15. The summed E-state index contributed by atoms with van der Waals surface area (Å²) in [6.45, 7) is 9.58. The number of carbonyl (C=O) groups is 1. The average Bonchev–Trinajstić information content (AvgIpc) is 3.29. The number of benzene rings is 1. The zero-order valence-corrected chi connectivity index (χ0v) is 17.3. The van der Waals surface area contributed by atoms with E-state index < -0.39 is 5.60 Å². The van der Waals surface area contributed by atoms with Crippen LogP contribution in [0.15, 0.2) is 18.2 Å². The van der Waals surface area contributed by atoms with Gasteiger partial charge < -0.3 is 19.7 Å². The van der Waals surface area contributed by atoms with Crippen LogP contribution in [0.2, 0.25) is 5.02 Å². The van der Waals surface area contributed by atoms with E-state index in [1.165, 1.54) is 12.8 Å². The molecule has 2 aliphatic rings. The minimum absolute atomic E-state index is 0.210. The van der Waals surface area contributed by atoms with Crippen molar-refractivity contribution in [1.82, 2.24) is 10.2 Å². The Balaban J connectivity index is 1.44. The number of likely N-dealkylation sites (tertiary alicyclic amines) is 1. The van der Waals surface area contributed by atoms with E-state index in [-0.39, 0.29) is 6.09 Å². The fourth-order valence-electron chi connectivity index (χ4n) is 3.20. The third kappa shape index (κ3) is 6.58. The van der Waals surface area contributed by atoms with Gasteiger partial charge in [-0.2, -0.15) is 0 Å². The van der Waals surface area contributed by atoms with Gasteiger partial charge in [-0.25, -0.2) is 4.79 Å². The third-order valence-electron chi connectivity index (χ3n) is 4.89. The SMILES string of the molecule is CC(C)(C)OC(=O)N1CC[C@H](CNCc2ccc(Cl)cc2OCC2CC2)C1. The number of hydrogen-bond donors (Lipinski definition) is 1. The van der Waals surface area contributed by atoms with Gasteiger partial charge in [0.05, 0.1) is 6.61 Å². The molecule has 1 aliphatic carbocycles. The summed E-state index contributed by atoms with van der Waals surface area (Å²) in [5, 5.41) is 4.21. The molecular weight excluding hydrogens is 364 g/mol. The van der Waals surface area contributed by atoms with Gasteiger partial charge in [0.25, 0.3) is 0 Å². The number of nitrogens with one attached hydrogen (secondary N) is 1. The molecule has 1 amide bonds. The number of amides is 1. The quantitative estimate of drug-likeness (QED) is 0.741. The minimum Gasteiger partial charge on any atom is -0.493 e. The molecule has 1 saturated carbocycles. The van der Waals surface area contributed by atoms with E-state index in [1.807, 2.05) is 43.9 Å². The predicted octanol–water partition coefficient (Wildman–Crippen LogP) is 4.48. The molecule has 1 atom stereocenters. The maximum atomic E-state index is 12.2. The third-order valence-corrected chi connectivity index (χ3v) is 5.12. The Morgan fingerprint density at radius 3 is 2.74 bits per heavy atom. The highest BCUT2D eigenvalue weighted by atomic mass is 35.5. The molecule has 1 N–H and O–H groups in total. The molecule has 0 unspecified atom stereocenters. The fourth-order valence-corrected chi connectivity index (χ4v) is 3.37. The van der Waals surface area contributed by atoms with Gasteiger partial charge >= 0.3 is 6.09 Å². The lowest BCUT2D eigenvalue weighted by atomic mass is 10.1. The molecule has 2 fully saturated rings. The number of rotatable bonds is 7. The number of carbonyl (C=O) groups excluding carboxylic acids is 1. The molecule has 5 nitrogen and oxygen atoms in total. The first-order valence-electron chi connectivity index (χ1n) is 9.90. The van der Waals surface area contributed by atoms with Gasteiger partial charge in [-0.15, -0.1) is 0 Å². The van der Waals surface area contributed by atoms with Crippen molar-refractivity contribution in [2.24, 2.45) is 11.8 Å². The zero-order valence-electron chi connectivity index (χ0n) is 16.6. The molecule has 6 heteroatoms. The molecule has 1 aromatic carbocycles. The van der Waals surface area contributed by atoms with E-state index >= 15 is 0 Å². The number of nitrogens with zero attached hydrogens (tertiary/aromatic N) is 1. The Hall–Kier alpha value is -1.46. The monoisotopic (exact) mass is 394 g/mol. The van der Waals surface area contributed by atoms with Crippen LogP contribution < -0.4 is 10.1 Å². The molecular formula is C21H31ClN2O3. The van der Waals surface area contributed by atoms with Gasteiger partial charge in [0.1, 0.15) is 11.4 Å². The maximum Gasteiger partial charge on any atom is 0.410 e. The van der Waals surface area contributed by atoms with Crippen LogP contribution in [-0.2, 0) is 11.3 Å². The van der Waals surface area contributed by atoms with Gasteiger partial charge in [0.2, 0.25) is 0 Å². The lowest BCUT2D eigenvalue weighted by Crippen LogP contribution is -2.36. The van der Waals surface area contributed by atoms with Crippen molar-refractivity contribution in [2.45, 2.75) is 52.2 Å². The summed E-state index contributed by atoms with van der Waals surface area (Å²) in [4.78, 5) is 14.0. The van der Waals surface area contributed by atoms with Crippen LogP contribution in [0.4, 0.5) is 4.79 Å². The standard InChI is InChI=1S/C21H31ClN2O3/c1-21(2,3)27-20(25)24-9-8-16(13-24)11-23-12-17-6-7-18(22)10-19(17)26-14-15-4-5-15/h6-7,10,15-16,23H,4-5,8-9,11-14H2,1-3H3/t16-/m1/s1. The minimum atomic E-state index is -0.446. The summed E-state index contributed by atoms with van der Waals surface area (Å²) in [6.07, 6.45) is 3.32. The Morgan fingerprint density at radius 1 is 1.26 bits per heavy atom. The molecule has 1 aromatic rings. The average molecular weight is 395 g/mol. The highest BCUT2D eigenvalue weighted by Gasteiger charge is 2.29. The van der Waals surface area contributed by atoms with E-state index in [1.54, 1.807) is 0 Å². The summed E-state index contributed by atoms with van der Waals surface area (Å²) < 4.78 is 11.4. The van der Waals surface area contributed by atoms with Gasteiger partial charge in [-0.1, -0.05) is 17.7 Å². The van der Waals surface area contributed by atoms with Crippen LogP contribution in [0.25, 0.3) is 0 Å². The van der Waals surface area contributed by atoms with Gasteiger partial charge in [-0.05, 0) is 64.0 Å². The molecule has 0 spiro atoms. The van der Waals surface area contributed by atoms with E-state index in [0.29, 0.717) is 16.9 Å². The summed E-state index contributed by atoms with van der Waals surface area (Å²) >= 11 is 6.13. The highest BCUT2D eigenvalue weighted by molar-refractivity contribution is 6.30. The lowest BCUT2D eigenvalue weighted by Gasteiger charge is -2.24. The Bertz CT molecular complexity index is 655. The topological polar surface area (TPSA) is 50.8 Å². The van der Waals surface area contributed by atoms with Crippen molar-refractivity contribution >= 4 is 17.7 Å². The van der Waals surface area contributed by atoms with Gasteiger partial charge in [-0.3, -0.25) is 0 Å². The molecule has 1 heterocycles. The van der Waals surface area contributed by atoms with Crippen LogP contribution >= 0.6 is 11.6 Å². The van der Waals surface area contributed by atoms with E-state index in [9.17, 15) is 4.79 Å². The van der Waals surface area contributed by atoms with Crippen LogP contribution in [0.5, 0.6) is 5.75 Å². The van der Waals surface area contributed by atoms with Crippen LogP contribution in [0, 0.1) is 11.8 Å². The molecule has 3 rings (SSSR count). The smallest absolute Gasteiger partial charge is 0.410 e. The summed E-state index contributed by atoms with van der Waals surface area (Å²) in [5.74, 6) is 2.03. The Kier molecular flexibility index (Phi) is 6.53. The first-order valence-corrected chi connectivity index (χ1v) is 10.3. The van der Waals surface area contributed by atoms with Crippen LogP contribution in [-0.4, -0.2) is 42.8 Å². The van der Waals surface area contributed by atoms with Crippen molar-refractivity contribution in [1.29, 1.82) is 0 Å². The number of halogens is 1. The van der Waals surface area contributed by atoms with E-state index in [2.05, 4.69) is 5.32 Å². The van der Waals surface area contributed by atoms with Crippen LogP contribution in [0.3, 0.4) is 0 Å². The summed E-state index contributed by atoms with van der Waals surface area (Å²) in [6, 6.07) is 5.84. The Labute approximate surface area is 167 Å². The molecule has 0 radical (unpaired) electrons. The van der Waals surface area contributed by atoms with Gasteiger partial charge in [0, 0.05) is 36.8 Å². The molecule has 27 heavy (non-hydrogen) atoms. The largest absolute Gasteiger partial charge is 0.493 e. The first-order chi connectivity index (χ1) is 12.8. The predicted molar refractivity (Wildman–Crippen MR) is 107 cm³/mol. The van der Waals surface area contributed by atoms with Crippen molar-refractivity contribution in [2.75, 3.05) is 26.2 Å². The summed E-state index contributed by atoms with van der Waals surface area (Å²) in [5.41, 5.74) is 0.681. The molecule has 150 valence electrons. The lowest BCUT2D eigenvalue weighted by molar-refractivity contribution is 0.0288. The maximum absolute atomic E-state index is 12.2. The second kappa shape index (κ2) is 8.70. The van der Waals surface area contributed by atoms with Gasteiger partial charge in [0.15, 0.2) is 0 Å². The molecule has 1 aliphatic heterocycles. The molecule has 0 aromatic heterocycles. The summed E-state index contributed by atoms with van der Waals surface area (Å²) in [7, 11) is 0. The van der Waals surface area contributed by atoms with Crippen molar-refractivity contribution in [3.63, 3.8) is 0 Å². The van der Waals surface area contributed by atoms with E-state index in [0.717, 1.165) is 50.5 Å². The van der Waals surface area contributed by atoms with Crippen molar-refractivity contribution in [3.05, 3.63) is 28.8 Å². The highest BCUT2D eigenvalue weighted by Crippen LogP contribution is 2.31. The number of ether oxygens (including phenoxy) is 2. The first kappa shape index (κ1) is 20.3. The van der Waals surface area contributed by atoms with Crippen molar-refractivity contribution in [3.8, 4) is 5.75 Å². The zero-order chi connectivity index (χ0) is 19.4. The second-order valence-electron chi connectivity index (χ2n) is 8.72. The molecule has 0 bridgehead atoms. The number of hydrogen-bond acceptors (Lipinski definition) is 4. The van der Waals surface area contributed by atoms with E-state index in [4.69, 9.17) is 21.1 Å². The normalized spacial score (nSPS) is 20.0. The van der Waals surface area contributed by atoms with Crippen LogP contribution in [0.1, 0.15) is 45.6 Å². The Morgan fingerprint density at radius 2 is 2.04 bits per heavy atom.